The molecule has 1 atom stereocenters. The fraction of sp³-hybridized carbons (Fsp3) is 0.923. The van der Waals surface area contributed by atoms with E-state index in [1.165, 1.54) is 0 Å². The van der Waals surface area contributed by atoms with Crippen molar-refractivity contribution in [2.45, 2.75) is 65.4 Å². The Hall–Kier alpha value is -0.370. The van der Waals surface area contributed by atoms with Gasteiger partial charge in [-0.05, 0) is 38.0 Å². The van der Waals surface area contributed by atoms with Crippen LogP contribution in [0.4, 0.5) is 0 Å². The average Bonchev–Trinajstić information content (AvgIpc) is 2.14. The summed E-state index contributed by atoms with van der Waals surface area (Å²) in [5, 5.41) is 0. The van der Waals surface area contributed by atoms with Crippen molar-refractivity contribution < 1.29 is 9.53 Å². The van der Waals surface area contributed by atoms with Gasteiger partial charge in [-0.15, -0.1) is 0 Å². The Morgan fingerprint density at radius 3 is 2.47 bits per heavy atom. The zero-order valence-electron chi connectivity index (χ0n) is 10.6. The smallest absolute Gasteiger partial charge is 0.164 e. The molecule has 1 unspecified atom stereocenters. The summed E-state index contributed by atoms with van der Waals surface area (Å²) in [5.41, 5.74) is -0.246. The second-order valence-electron chi connectivity index (χ2n) is 6.02. The number of ether oxygens (including phenoxy) is 1. The first-order valence-corrected chi connectivity index (χ1v) is 6.01. The highest BCUT2D eigenvalue weighted by Crippen LogP contribution is 2.29. The predicted octanol–water partition coefficient (Wildman–Crippen LogP) is 3.34. The number of ketones is 1. The second kappa shape index (κ2) is 4.65. The van der Waals surface area contributed by atoms with Crippen LogP contribution in [0.5, 0.6) is 0 Å². The molecular formula is C13H24O2. The molecule has 1 aliphatic heterocycles. The van der Waals surface area contributed by atoms with Gasteiger partial charge >= 0.3 is 0 Å². The van der Waals surface area contributed by atoms with Crippen molar-refractivity contribution >= 4 is 5.78 Å². The first-order valence-electron chi connectivity index (χ1n) is 6.01. The SMILES string of the molecule is CC(C)(C)CCC(=O)C1(C)CCCCO1. The molecule has 2 heteroatoms. The molecule has 2 nitrogen and oxygen atoms in total. The average molecular weight is 212 g/mol. The maximum atomic E-state index is 12.0. The van der Waals surface area contributed by atoms with Crippen molar-refractivity contribution in [3.63, 3.8) is 0 Å². The van der Waals surface area contributed by atoms with Crippen LogP contribution in [-0.4, -0.2) is 18.0 Å². The normalized spacial score (nSPS) is 27.7. The topological polar surface area (TPSA) is 26.3 Å². The summed E-state index contributed by atoms with van der Waals surface area (Å²) in [4.78, 5) is 12.0. The van der Waals surface area contributed by atoms with Gasteiger partial charge in [0, 0.05) is 13.0 Å². The molecule has 1 fully saturated rings. The van der Waals surface area contributed by atoms with E-state index >= 15 is 0 Å². The van der Waals surface area contributed by atoms with E-state index in [4.69, 9.17) is 4.74 Å². The first-order chi connectivity index (χ1) is 6.83. The molecule has 0 aromatic carbocycles. The molecule has 1 rings (SSSR count). The lowest BCUT2D eigenvalue weighted by Crippen LogP contribution is -2.41. The maximum absolute atomic E-state index is 12.0. The lowest BCUT2D eigenvalue weighted by molar-refractivity contribution is -0.148. The van der Waals surface area contributed by atoms with Gasteiger partial charge in [0.2, 0.25) is 0 Å². The Morgan fingerprint density at radius 2 is 2.00 bits per heavy atom. The van der Waals surface area contributed by atoms with Crippen LogP contribution in [0.25, 0.3) is 0 Å². The Labute approximate surface area is 93.4 Å². The number of hydrogen-bond donors (Lipinski definition) is 0. The lowest BCUT2D eigenvalue weighted by atomic mass is 9.84. The van der Waals surface area contributed by atoms with E-state index in [1.54, 1.807) is 0 Å². The summed E-state index contributed by atoms with van der Waals surface area (Å²) in [7, 11) is 0. The molecule has 0 aliphatic carbocycles. The molecule has 1 saturated heterocycles. The van der Waals surface area contributed by atoms with Crippen LogP contribution in [0.1, 0.15) is 59.8 Å². The summed E-state index contributed by atoms with van der Waals surface area (Å²) >= 11 is 0. The third-order valence-corrected chi connectivity index (χ3v) is 3.16. The molecule has 0 amide bonds. The van der Waals surface area contributed by atoms with E-state index < -0.39 is 5.60 Å². The van der Waals surface area contributed by atoms with Crippen molar-refractivity contribution in [3.05, 3.63) is 0 Å². The van der Waals surface area contributed by atoms with Crippen molar-refractivity contribution in [1.82, 2.24) is 0 Å². The number of Topliss-reactive ketones (excluding diaryl/α,β-unsaturated/α-hetero) is 1. The van der Waals surface area contributed by atoms with Crippen molar-refractivity contribution in [3.8, 4) is 0 Å². The Kier molecular flexibility index (Phi) is 3.93. The van der Waals surface area contributed by atoms with E-state index in [2.05, 4.69) is 20.8 Å². The standard InChI is InChI=1S/C13H24O2/c1-12(2,3)9-7-11(14)13(4)8-5-6-10-15-13/h5-10H2,1-4H3. The van der Waals surface area contributed by atoms with Crippen LogP contribution in [0.15, 0.2) is 0 Å². The predicted molar refractivity (Wildman–Crippen MR) is 61.9 cm³/mol. The minimum Gasteiger partial charge on any atom is -0.368 e. The zero-order valence-corrected chi connectivity index (χ0v) is 10.6. The Bertz CT molecular complexity index is 219. The zero-order chi connectivity index (χ0) is 11.5. The fourth-order valence-corrected chi connectivity index (χ4v) is 1.91. The molecule has 0 saturated carbocycles. The largest absolute Gasteiger partial charge is 0.368 e. The molecule has 0 N–H and O–H groups in total. The van der Waals surface area contributed by atoms with Crippen molar-refractivity contribution in [1.29, 1.82) is 0 Å². The Balaban J connectivity index is 2.45. The number of hydrogen-bond acceptors (Lipinski definition) is 2. The monoisotopic (exact) mass is 212 g/mol. The Morgan fingerprint density at radius 1 is 1.33 bits per heavy atom. The van der Waals surface area contributed by atoms with Gasteiger partial charge in [-0.3, -0.25) is 4.79 Å². The third-order valence-electron chi connectivity index (χ3n) is 3.16. The van der Waals surface area contributed by atoms with Gasteiger partial charge < -0.3 is 4.74 Å². The van der Waals surface area contributed by atoms with Crippen LogP contribution in [0.2, 0.25) is 0 Å². The van der Waals surface area contributed by atoms with Crippen LogP contribution in [0, 0.1) is 5.41 Å². The van der Waals surface area contributed by atoms with E-state index in [1.807, 2.05) is 6.92 Å². The van der Waals surface area contributed by atoms with Crippen molar-refractivity contribution in [2.24, 2.45) is 5.41 Å². The minimum atomic E-state index is -0.483. The molecule has 0 spiro atoms. The van der Waals surface area contributed by atoms with E-state index in [9.17, 15) is 4.79 Å². The summed E-state index contributed by atoms with van der Waals surface area (Å²) in [6.07, 6.45) is 4.72. The fourth-order valence-electron chi connectivity index (χ4n) is 1.91. The lowest BCUT2D eigenvalue weighted by Gasteiger charge is -2.33. The molecule has 15 heavy (non-hydrogen) atoms. The summed E-state index contributed by atoms with van der Waals surface area (Å²) in [6, 6.07) is 0. The summed E-state index contributed by atoms with van der Waals surface area (Å²) in [6.45, 7) is 9.22. The third kappa shape index (κ3) is 3.94. The molecule has 1 heterocycles. The quantitative estimate of drug-likeness (QED) is 0.717. The molecule has 0 bridgehead atoms. The van der Waals surface area contributed by atoms with E-state index in [0.29, 0.717) is 6.42 Å². The minimum absolute atomic E-state index is 0.237. The highest BCUT2D eigenvalue weighted by atomic mass is 16.5. The highest BCUT2D eigenvalue weighted by Gasteiger charge is 2.35. The van der Waals surface area contributed by atoms with Gasteiger partial charge in [-0.1, -0.05) is 20.8 Å². The van der Waals surface area contributed by atoms with Crippen LogP contribution in [0.3, 0.4) is 0 Å². The first kappa shape index (κ1) is 12.7. The van der Waals surface area contributed by atoms with Gasteiger partial charge in [0.15, 0.2) is 5.78 Å². The van der Waals surface area contributed by atoms with Crippen molar-refractivity contribution in [2.75, 3.05) is 6.61 Å². The van der Waals surface area contributed by atoms with Gasteiger partial charge in [0.05, 0.1) is 0 Å². The van der Waals surface area contributed by atoms with E-state index in [-0.39, 0.29) is 11.2 Å². The number of carbonyl (C=O) groups excluding carboxylic acids is 1. The van der Waals surface area contributed by atoms with Crippen LogP contribution in [-0.2, 0) is 9.53 Å². The molecule has 0 aromatic heterocycles. The molecule has 1 aliphatic rings. The van der Waals surface area contributed by atoms with Crippen LogP contribution >= 0.6 is 0 Å². The van der Waals surface area contributed by atoms with E-state index in [0.717, 1.165) is 32.3 Å². The van der Waals surface area contributed by atoms with Gasteiger partial charge in [-0.2, -0.15) is 0 Å². The second-order valence-corrected chi connectivity index (χ2v) is 6.02. The summed E-state index contributed by atoms with van der Waals surface area (Å²) < 4.78 is 5.64. The molecule has 0 radical (unpaired) electrons. The van der Waals surface area contributed by atoms with Gasteiger partial charge in [0.25, 0.3) is 0 Å². The van der Waals surface area contributed by atoms with Gasteiger partial charge in [0.1, 0.15) is 5.60 Å². The number of carbonyl (C=O) groups is 1. The molecular weight excluding hydrogens is 188 g/mol. The van der Waals surface area contributed by atoms with Crippen LogP contribution < -0.4 is 0 Å². The highest BCUT2D eigenvalue weighted by molar-refractivity contribution is 5.87. The molecule has 0 aromatic rings. The number of rotatable bonds is 3. The molecule has 88 valence electrons. The summed E-state index contributed by atoms with van der Waals surface area (Å²) in [5.74, 6) is 0.289. The van der Waals surface area contributed by atoms with Gasteiger partial charge in [-0.25, -0.2) is 0 Å². The maximum Gasteiger partial charge on any atom is 0.164 e.